The summed E-state index contributed by atoms with van der Waals surface area (Å²) in [4.78, 5) is 0. The van der Waals surface area contributed by atoms with Gasteiger partial charge < -0.3 is 23.7 Å². The average molecular weight is 288 g/mol. The summed E-state index contributed by atoms with van der Waals surface area (Å²) in [5, 5.41) is 0. The quantitative estimate of drug-likeness (QED) is 0.742. The third kappa shape index (κ3) is 2.88. The molecule has 0 bridgehead atoms. The van der Waals surface area contributed by atoms with Crippen LogP contribution in [-0.4, -0.2) is 42.3 Å². The van der Waals surface area contributed by atoms with Gasteiger partial charge in [0.25, 0.3) is 0 Å². The topological polar surface area (TPSA) is 46.2 Å². The molecule has 20 heavy (non-hydrogen) atoms. The van der Waals surface area contributed by atoms with Crippen LogP contribution in [0.4, 0.5) is 0 Å². The van der Waals surface area contributed by atoms with Gasteiger partial charge in [0.05, 0.1) is 6.10 Å². The van der Waals surface area contributed by atoms with E-state index in [1.165, 1.54) is 0 Å². The van der Waals surface area contributed by atoms with Gasteiger partial charge in [0.2, 0.25) is 0 Å². The highest BCUT2D eigenvalue weighted by Crippen LogP contribution is 2.44. The summed E-state index contributed by atoms with van der Waals surface area (Å²) in [5.74, 6) is -1.21. The van der Waals surface area contributed by atoms with Crippen molar-refractivity contribution in [3.63, 3.8) is 0 Å². The van der Waals surface area contributed by atoms with E-state index in [0.717, 1.165) is 6.42 Å². The van der Waals surface area contributed by atoms with Crippen molar-refractivity contribution < 1.29 is 23.7 Å². The Morgan fingerprint density at radius 3 is 1.85 bits per heavy atom. The SMILES string of the molecule is CC.CC[C@H]1O[C@@H]2OC(C)(C)O[C@@H]2[C@H]2OC(C)(C)O[C@H]21. The minimum Gasteiger partial charge on any atom is -0.344 e. The third-order valence-electron chi connectivity index (χ3n) is 3.65. The van der Waals surface area contributed by atoms with E-state index in [0.29, 0.717) is 0 Å². The van der Waals surface area contributed by atoms with Gasteiger partial charge in [-0.1, -0.05) is 20.8 Å². The molecule has 118 valence electrons. The number of hydrogen-bond donors (Lipinski definition) is 0. The lowest BCUT2D eigenvalue weighted by molar-refractivity contribution is -0.234. The number of fused-ring (bicyclic) bond motifs is 3. The van der Waals surface area contributed by atoms with E-state index in [9.17, 15) is 0 Å². The maximum atomic E-state index is 5.98. The van der Waals surface area contributed by atoms with Crippen LogP contribution in [-0.2, 0) is 23.7 Å². The first-order chi connectivity index (χ1) is 9.31. The average Bonchev–Trinajstić information content (AvgIpc) is 2.85. The second-order valence-corrected chi connectivity index (χ2v) is 6.12. The molecule has 5 nitrogen and oxygen atoms in total. The van der Waals surface area contributed by atoms with Gasteiger partial charge in [-0.15, -0.1) is 0 Å². The van der Waals surface area contributed by atoms with Crippen LogP contribution in [0.5, 0.6) is 0 Å². The van der Waals surface area contributed by atoms with Crippen molar-refractivity contribution in [1.29, 1.82) is 0 Å². The largest absolute Gasteiger partial charge is 0.344 e. The van der Waals surface area contributed by atoms with Crippen LogP contribution < -0.4 is 0 Å². The highest BCUT2D eigenvalue weighted by molar-refractivity contribution is 4.99. The molecule has 0 amide bonds. The fourth-order valence-electron chi connectivity index (χ4n) is 3.02. The summed E-state index contributed by atoms with van der Waals surface area (Å²) in [6.45, 7) is 13.7. The van der Waals surface area contributed by atoms with E-state index in [2.05, 4.69) is 6.92 Å². The summed E-state index contributed by atoms with van der Waals surface area (Å²) in [6.07, 6.45) is 0.0937. The van der Waals surface area contributed by atoms with Gasteiger partial charge >= 0.3 is 0 Å². The van der Waals surface area contributed by atoms with Crippen LogP contribution in [0.25, 0.3) is 0 Å². The van der Waals surface area contributed by atoms with E-state index in [1.54, 1.807) is 0 Å². The minimum absolute atomic E-state index is 0.00414. The fraction of sp³-hybridized carbons (Fsp3) is 1.00. The molecule has 0 aliphatic carbocycles. The van der Waals surface area contributed by atoms with E-state index in [-0.39, 0.29) is 30.7 Å². The van der Waals surface area contributed by atoms with Gasteiger partial charge in [-0.3, -0.25) is 0 Å². The molecule has 0 aromatic heterocycles. The van der Waals surface area contributed by atoms with Crippen LogP contribution in [0.2, 0.25) is 0 Å². The first-order valence-corrected chi connectivity index (χ1v) is 7.68. The van der Waals surface area contributed by atoms with Gasteiger partial charge in [-0.2, -0.15) is 0 Å². The van der Waals surface area contributed by atoms with E-state index >= 15 is 0 Å². The van der Waals surface area contributed by atoms with Crippen LogP contribution in [0.1, 0.15) is 54.9 Å². The predicted molar refractivity (Wildman–Crippen MR) is 74.2 cm³/mol. The Hall–Kier alpha value is -0.200. The van der Waals surface area contributed by atoms with Gasteiger partial charge in [-0.05, 0) is 34.1 Å². The molecule has 5 atom stereocenters. The monoisotopic (exact) mass is 288 g/mol. The summed E-state index contributed by atoms with van der Waals surface area (Å²) in [5.41, 5.74) is 0. The normalized spacial score (nSPS) is 44.2. The molecule has 3 aliphatic heterocycles. The van der Waals surface area contributed by atoms with Gasteiger partial charge in [0.1, 0.15) is 18.3 Å². The predicted octanol–water partition coefficient (Wildman–Crippen LogP) is 2.82. The van der Waals surface area contributed by atoms with Gasteiger partial charge in [0.15, 0.2) is 17.9 Å². The van der Waals surface area contributed by atoms with E-state index in [1.807, 2.05) is 41.5 Å². The van der Waals surface area contributed by atoms with Crippen LogP contribution in [0, 0.1) is 0 Å². The smallest absolute Gasteiger partial charge is 0.190 e. The van der Waals surface area contributed by atoms with Crippen molar-refractivity contribution in [3.05, 3.63) is 0 Å². The maximum Gasteiger partial charge on any atom is 0.190 e. The molecule has 3 aliphatic rings. The highest BCUT2D eigenvalue weighted by atomic mass is 16.9. The molecular weight excluding hydrogens is 260 g/mol. The van der Waals surface area contributed by atoms with E-state index in [4.69, 9.17) is 23.7 Å². The Bertz CT molecular complexity index is 341. The maximum absolute atomic E-state index is 5.98. The van der Waals surface area contributed by atoms with Crippen LogP contribution >= 0.6 is 0 Å². The summed E-state index contributed by atoms with van der Waals surface area (Å²) in [7, 11) is 0. The van der Waals surface area contributed by atoms with Crippen LogP contribution in [0.15, 0.2) is 0 Å². The van der Waals surface area contributed by atoms with Crippen LogP contribution in [0.3, 0.4) is 0 Å². The Balaban J connectivity index is 0.000000704. The molecular formula is C15H28O5. The Morgan fingerprint density at radius 1 is 0.750 bits per heavy atom. The molecule has 0 unspecified atom stereocenters. The fourth-order valence-corrected chi connectivity index (χ4v) is 3.02. The molecule has 0 spiro atoms. The lowest BCUT2D eigenvalue weighted by Crippen LogP contribution is -2.54. The summed E-state index contributed by atoms with van der Waals surface area (Å²) < 4.78 is 29.6. The van der Waals surface area contributed by atoms with E-state index < -0.39 is 11.6 Å². The van der Waals surface area contributed by atoms with Gasteiger partial charge in [-0.25, -0.2) is 0 Å². The highest BCUT2D eigenvalue weighted by Gasteiger charge is 2.60. The van der Waals surface area contributed by atoms with Crippen molar-refractivity contribution in [1.82, 2.24) is 0 Å². The zero-order valence-corrected chi connectivity index (χ0v) is 13.6. The standard InChI is InChI=1S/C13H22O5.C2H6/c1-6-7-8-9(16-12(2,3)15-8)10-11(14-7)18-13(4,5)17-10;1-2/h7-11H,6H2,1-5H3;1-2H3/t7-,8+,9+,10-,11-;/m1./s1. The minimum atomic E-state index is -0.626. The third-order valence-corrected chi connectivity index (χ3v) is 3.65. The molecule has 3 fully saturated rings. The summed E-state index contributed by atoms with van der Waals surface area (Å²) in [6, 6.07) is 0. The molecule has 3 heterocycles. The Kier molecular flexibility index (Phi) is 4.48. The molecule has 5 heteroatoms. The Labute approximate surface area is 121 Å². The van der Waals surface area contributed by atoms with Crippen molar-refractivity contribution >= 4 is 0 Å². The molecule has 0 aromatic carbocycles. The Morgan fingerprint density at radius 2 is 1.25 bits per heavy atom. The van der Waals surface area contributed by atoms with Crippen molar-refractivity contribution in [3.8, 4) is 0 Å². The number of ether oxygens (including phenoxy) is 5. The molecule has 3 saturated heterocycles. The van der Waals surface area contributed by atoms with Gasteiger partial charge in [0, 0.05) is 0 Å². The first-order valence-electron chi connectivity index (χ1n) is 7.68. The second-order valence-electron chi connectivity index (χ2n) is 6.12. The lowest BCUT2D eigenvalue weighted by Gasteiger charge is -2.36. The van der Waals surface area contributed by atoms with Crippen molar-refractivity contribution in [2.45, 2.75) is 97.2 Å². The van der Waals surface area contributed by atoms with Crippen molar-refractivity contribution in [2.75, 3.05) is 0 Å². The number of hydrogen-bond acceptors (Lipinski definition) is 5. The number of rotatable bonds is 1. The zero-order valence-electron chi connectivity index (χ0n) is 13.6. The molecule has 0 N–H and O–H groups in total. The molecule has 3 rings (SSSR count). The summed E-state index contributed by atoms with van der Waals surface area (Å²) >= 11 is 0. The molecule has 0 radical (unpaired) electrons. The zero-order chi connectivity index (χ0) is 15.1. The van der Waals surface area contributed by atoms with Crippen molar-refractivity contribution in [2.24, 2.45) is 0 Å². The molecule has 0 aromatic rings. The lowest BCUT2D eigenvalue weighted by atomic mass is 9.97. The molecule has 0 saturated carbocycles. The first kappa shape index (κ1) is 16.2. The second kappa shape index (κ2) is 5.54.